The highest BCUT2D eigenvalue weighted by atomic mass is 16.2. The summed E-state index contributed by atoms with van der Waals surface area (Å²) in [4.78, 5) is 28.1. The second-order valence-corrected chi connectivity index (χ2v) is 7.14. The molecule has 110 valence electrons. The smallest absolute Gasteiger partial charge is 0.233 e. The molecule has 0 radical (unpaired) electrons. The molecule has 0 saturated carbocycles. The second kappa shape index (κ2) is 6.04. The van der Waals surface area contributed by atoms with Gasteiger partial charge in [0.05, 0.1) is 5.92 Å². The molecule has 0 aromatic rings. The van der Waals surface area contributed by atoms with Crippen LogP contribution in [0.15, 0.2) is 0 Å². The van der Waals surface area contributed by atoms with E-state index < -0.39 is 0 Å². The summed E-state index contributed by atoms with van der Waals surface area (Å²) in [5, 5.41) is 0. The summed E-state index contributed by atoms with van der Waals surface area (Å²) in [6.45, 7) is 9.70. The third-order valence-electron chi connectivity index (χ3n) is 3.66. The van der Waals surface area contributed by atoms with Gasteiger partial charge in [0.25, 0.3) is 0 Å². The van der Waals surface area contributed by atoms with Gasteiger partial charge in [-0.05, 0) is 38.9 Å². The predicted octanol–water partition coefficient (Wildman–Crippen LogP) is 2.00. The molecule has 0 aromatic heterocycles. The van der Waals surface area contributed by atoms with Crippen molar-refractivity contribution in [3.05, 3.63) is 0 Å². The molecule has 2 unspecified atom stereocenters. The fraction of sp³-hybridized carbons (Fsp3) is 0.867. The van der Waals surface area contributed by atoms with Crippen molar-refractivity contribution >= 4 is 11.8 Å². The van der Waals surface area contributed by atoms with E-state index >= 15 is 0 Å². The fourth-order valence-electron chi connectivity index (χ4n) is 2.63. The van der Waals surface area contributed by atoms with E-state index in [2.05, 4.69) is 25.7 Å². The minimum atomic E-state index is -0.161. The van der Waals surface area contributed by atoms with Crippen LogP contribution < -0.4 is 0 Å². The van der Waals surface area contributed by atoms with Gasteiger partial charge in [0.15, 0.2) is 0 Å². The van der Waals surface area contributed by atoms with Gasteiger partial charge in [0.2, 0.25) is 11.8 Å². The van der Waals surface area contributed by atoms with Crippen LogP contribution in [0.1, 0.15) is 40.5 Å². The van der Waals surface area contributed by atoms with E-state index in [-0.39, 0.29) is 29.1 Å². The molecular formula is C15H28N2O2. The number of nitrogens with zero attached hydrogens (tertiary/aromatic N) is 2. The second-order valence-electron chi connectivity index (χ2n) is 7.14. The first kappa shape index (κ1) is 16.2. The van der Waals surface area contributed by atoms with Crippen molar-refractivity contribution in [3.63, 3.8) is 0 Å². The number of rotatable bonds is 5. The third-order valence-corrected chi connectivity index (χ3v) is 3.66. The van der Waals surface area contributed by atoms with E-state index in [1.54, 1.807) is 0 Å². The number of amides is 2. The molecule has 1 aliphatic rings. The molecule has 0 spiro atoms. The molecule has 19 heavy (non-hydrogen) atoms. The first-order valence-electron chi connectivity index (χ1n) is 7.13. The van der Waals surface area contributed by atoms with Gasteiger partial charge in [-0.25, -0.2) is 0 Å². The number of likely N-dealkylation sites (tertiary alicyclic amines) is 1. The highest BCUT2D eigenvalue weighted by Crippen LogP contribution is 2.35. The highest BCUT2D eigenvalue weighted by molar-refractivity contribution is 6.04. The molecule has 0 aromatic carbocycles. The van der Waals surface area contributed by atoms with E-state index in [0.29, 0.717) is 6.54 Å². The van der Waals surface area contributed by atoms with Gasteiger partial charge in [0, 0.05) is 12.5 Å². The Labute approximate surface area is 117 Å². The number of hydrogen-bond acceptors (Lipinski definition) is 3. The summed E-state index contributed by atoms with van der Waals surface area (Å²) in [7, 11) is 4.00. The molecule has 2 atom stereocenters. The van der Waals surface area contributed by atoms with Gasteiger partial charge < -0.3 is 4.90 Å². The first-order valence-corrected chi connectivity index (χ1v) is 7.13. The van der Waals surface area contributed by atoms with Crippen LogP contribution in [-0.4, -0.2) is 48.8 Å². The monoisotopic (exact) mass is 268 g/mol. The lowest BCUT2D eigenvalue weighted by Crippen LogP contribution is -2.33. The van der Waals surface area contributed by atoms with Crippen molar-refractivity contribution in [2.45, 2.75) is 40.5 Å². The van der Waals surface area contributed by atoms with Crippen LogP contribution in [0.25, 0.3) is 0 Å². The van der Waals surface area contributed by atoms with Crippen LogP contribution in [0.5, 0.6) is 0 Å². The molecule has 4 heteroatoms. The van der Waals surface area contributed by atoms with Crippen molar-refractivity contribution in [3.8, 4) is 0 Å². The van der Waals surface area contributed by atoms with Gasteiger partial charge in [-0.2, -0.15) is 0 Å². The zero-order valence-electron chi connectivity index (χ0n) is 13.2. The summed E-state index contributed by atoms with van der Waals surface area (Å²) < 4.78 is 0. The summed E-state index contributed by atoms with van der Waals surface area (Å²) in [6.07, 6.45) is 1.63. The Hall–Kier alpha value is -0.900. The average Bonchev–Trinajstić information content (AvgIpc) is 2.43. The molecule has 4 nitrogen and oxygen atoms in total. The SMILES string of the molecule is CC1C(=O)N(CCCN(C)C)C(=O)C1CC(C)(C)C. The van der Waals surface area contributed by atoms with E-state index in [1.807, 2.05) is 21.0 Å². The number of hydrogen-bond donors (Lipinski definition) is 0. The largest absolute Gasteiger partial charge is 0.309 e. The van der Waals surface area contributed by atoms with E-state index in [4.69, 9.17) is 0 Å². The van der Waals surface area contributed by atoms with Gasteiger partial charge in [-0.3, -0.25) is 14.5 Å². The van der Waals surface area contributed by atoms with Crippen molar-refractivity contribution in [2.75, 3.05) is 27.2 Å². The van der Waals surface area contributed by atoms with Crippen LogP contribution >= 0.6 is 0 Å². The Kier molecular flexibility index (Phi) is 5.13. The summed E-state index contributed by atoms with van der Waals surface area (Å²) in [5.74, 6) is -0.248. The first-order chi connectivity index (χ1) is 8.63. The number of carbonyl (C=O) groups is 2. The summed E-state index contributed by atoms with van der Waals surface area (Å²) in [5.41, 5.74) is 0.0779. The topological polar surface area (TPSA) is 40.6 Å². The zero-order valence-corrected chi connectivity index (χ0v) is 13.2. The van der Waals surface area contributed by atoms with E-state index in [0.717, 1.165) is 19.4 Å². The Morgan fingerprint density at radius 3 is 2.21 bits per heavy atom. The van der Waals surface area contributed by atoms with Crippen LogP contribution in [0.4, 0.5) is 0 Å². The molecule has 1 rings (SSSR count). The van der Waals surface area contributed by atoms with Gasteiger partial charge in [0.1, 0.15) is 0 Å². The van der Waals surface area contributed by atoms with Crippen LogP contribution in [-0.2, 0) is 9.59 Å². The maximum Gasteiger partial charge on any atom is 0.233 e. The molecule has 1 heterocycles. The standard InChI is InChI=1S/C15H28N2O2/c1-11-12(10-15(2,3)4)14(19)17(13(11)18)9-7-8-16(5)6/h11-12H,7-10H2,1-6H3. The third kappa shape index (κ3) is 4.30. The van der Waals surface area contributed by atoms with Gasteiger partial charge in [-0.1, -0.05) is 27.7 Å². The van der Waals surface area contributed by atoms with E-state index in [9.17, 15) is 9.59 Å². The summed E-state index contributed by atoms with van der Waals surface area (Å²) in [6, 6.07) is 0. The fourth-order valence-corrected chi connectivity index (χ4v) is 2.63. The Bertz CT molecular complexity index is 345. The Morgan fingerprint density at radius 1 is 1.16 bits per heavy atom. The molecule has 0 N–H and O–H groups in total. The number of imide groups is 1. The average molecular weight is 268 g/mol. The van der Waals surface area contributed by atoms with Gasteiger partial charge in [-0.15, -0.1) is 0 Å². The lowest BCUT2D eigenvalue weighted by molar-refractivity contribution is -0.140. The van der Waals surface area contributed by atoms with E-state index in [1.165, 1.54) is 4.90 Å². The predicted molar refractivity (Wildman–Crippen MR) is 76.6 cm³/mol. The quantitative estimate of drug-likeness (QED) is 0.716. The van der Waals surface area contributed by atoms with Crippen molar-refractivity contribution in [1.82, 2.24) is 9.80 Å². The lowest BCUT2D eigenvalue weighted by atomic mass is 9.80. The van der Waals surface area contributed by atoms with Crippen LogP contribution in [0, 0.1) is 17.3 Å². The normalized spacial score (nSPS) is 24.7. The number of carbonyl (C=O) groups excluding carboxylic acids is 2. The molecule has 1 aliphatic heterocycles. The van der Waals surface area contributed by atoms with Gasteiger partial charge >= 0.3 is 0 Å². The Morgan fingerprint density at radius 2 is 1.74 bits per heavy atom. The Balaban J connectivity index is 2.65. The molecule has 0 aliphatic carbocycles. The zero-order chi connectivity index (χ0) is 14.8. The molecule has 0 bridgehead atoms. The maximum absolute atomic E-state index is 12.4. The lowest BCUT2D eigenvalue weighted by Gasteiger charge is -2.23. The maximum atomic E-state index is 12.4. The highest BCUT2D eigenvalue weighted by Gasteiger charge is 2.45. The summed E-state index contributed by atoms with van der Waals surface area (Å²) >= 11 is 0. The van der Waals surface area contributed by atoms with Crippen LogP contribution in [0.3, 0.4) is 0 Å². The minimum absolute atomic E-state index is 0.0120. The van der Waals surface area contributed by atoms with Crippen molar-refractivity contribution < 1.29 is 9.59 Å². The van der Waals surface area contributed by atoms with Crippen molar-refractivity contribution in [2.24, 2.45) is 17.3 Å². The van der Waals surface area contributed by atoms with Crippen LogP contribution in [0.2, 0.25) is 0 Å². The minimum Gasteiger partial charge on any atom is -0.309 e. The molecule has 2 amide bonds. The molecule has 1 fully saturated rings. The molecule has 1 saturated heterocycles. The molecular weight excluding hydrogens is 240 g/mol. The van der Waals surface area contributed by atoms with Crippen molar-refractivity contribution in [1.29, 1.82) is 0 Å².